The van der Waals surface area contributed by atoms with E-state index in [1.165, 1.54) is 0 Å². The van der Waals surface area contributed by atoms with Crippen LogP contribution in [0.2, 0.25) is 0 Å². The molecule has 0 atom stereocenters. The van der Waals surface area contributed by atoms with E-state index in [4.69, 9.17) is 4.42 Å². The third kappa shape index (κ3) is 1.47. The molecule has 0 N–H and O–H groups in total. The molecule has 0 aliphatic rings. The minimum atomic E-state index is 0.389. The van der Waals surface area contributed by atoms with Crippen LogP contribution in [0.4, 0.5) is 0 Å². The lowest BCUT2D eigenvalue weighted by molar-refractivity contribution is -0.107. The first-order valence-electron chi connectivity index (χ1n) is 3.38. The fourth-order valence-corrected chi connectivity index (χ4v) is 0.804. The van der Waals surface area contributed by atoms with Crippen molar-refractivity contribution in [2.24, 2.45) is 0 Å². The SMILES string of the molecule is CCc1ccc(CC=O)o1. The predicted octanol–water partition coefficient (Wildman–Crippen LogP) is 1.58. The molecule has 10 heavy (non-hydrogen) atoms. The first kappa shape index (κ1) is 7.06. The van der Waals surface area contributed by atoms with Gasteiger partial charge in [0.1, 0.15) is 17.8 Å². The largest absolute Gasteiger partial charge is 0.466 e. The number of aldehydes is 1. The molecule has 0 unspecified atom stereocenters. The van der Waals surface area contributed by atoms with E-state index in [0.29, 0.717) is 6.42 Å². The van der Waals surface area contributed by atoms with Gasteiger partial charge in [-0.05, 0) is 12.1 Å². The summed E-state index contributed by atoms with van der Waals surface area (Å²) in [6, 6.07) is 3.74. The highest BCUT2D eigenvalue weighted by molar-refractivity contribution is 5.53. The summed E-state index contributed by atoms with van der Waals surface area (Å²) >= 11 is 0. The molecule has 0 aliphatic carbocycles. The zero-order valence-electron chi connectivity index (χ0n) is 5.96. The van der Waals surface area contributed by atoms with E-state index in [9.17, 15) is 4.79 Å². The maximum Gasteiger partial charge on any atom is 0.127 e. The monoisotopic (exact) mass is 138 g/mol. The molecule has 2 nitrogen and oxygen atoms in total. The van der Waals surface area contributed by atoms with Crippen LogP contribution in [-0.2, 0) is 17.6 Å². The van der Waals surface area contributed by atoms with Gasteiger partial charge in [0, 0.05) is 6.42 Å². The second kappa shape index (κ2) is 3.20. The van der Waals surface area contributed by atoms with Crippen molar-refractivity contribution < 1.29 is 9.21 Å². The number of hydrogen-bond donors (Lipinski definition) is 0. The standard InChI is InChI=1S/C8H10O2/c1-2-7-3-4-8(10-7)5-6-9/h3-4,6H,2,5H2,1H3. The lowest BCUT2D eigenvalue weighted by Gasteiger charge is -1.86. The molecular weight excluding hydrogens is 128 g/mol. The average molecular weight is 138 g/mol. The molecule has 2 heteroatoms. The third-order valence-electron chi connectivity index (χ3n) is 1.35. The van der Waals surface area contributed by atoms with Crippen LogP contribution in [0.1, 0.15) is 18.4 Å². The fraction of sp³-hybridized carbons (Fsp3) is 0.375. The van der Waals surface area contributed by atoms with Gasteiger partial charge >= 0.3 is 0 Å². The summed E-state index contributed by atoms with van der Waals surface area (Å²) in [7, 11) is 0. The Morgan fingerprint density at radius 2 is 2.20 bits per heavy atom. The average Bonchev–Trinajstić information content (AvgIpc) is 2.37. The van der Waals surface area contributed by atoms with Crippen molar-refractivity contribution >= 4 is 6.29 Å². The number of carbonyl (C=O) groups is 1. The molecule has 0 fully saturated rings. The summed E-state index contributed by atoms with van der Waals surface area (Å²) in [5.41, 5.74) is 0. The molecule has 0 aromatic carbocycles. The molecule has 1 aromatic rings. The normalized spacial score (nSPS) is 9.70. The second-order valence-corrected chi connectivity index (χ2v) is 2.09. The van der Waals surface area contributed by atoms with Crippen molar-refractivity contribution in [3.8, 4) is 0 Å². The van der Waals surface area contributed by atoms with Crippen LogP contribution < -0.4 is 0 Å². The molecule has 1 heterocycles. The van der Waals surface area contributed by atoms with Crippen LogP contribution >= 0.6 is 0 Å². The summed E-state index contributed by atoms with van der Waals surface area (Å²) in [6.45, 7) is 2.02. The Labute approximate surface area is 59.8 Å². The Hall–Kier alpha value is -1.05. The number of rotatable bonds is 3. The van der Waals surface area contributed by atoms with E-state index < -0.39 is 0 Å². The molecule has 1 aromatic heterocycles. The number of aryl methyl sites for hydroxylation is 1. The summed E-state index contributed by atoms with van der Waals surface area (Å²) in [4.78, 5) is 10.0. The van der Waals surface area contributed by atoms with Crippen molar-refractivity contribution in [2.75, 3.05) is 0 Å². The van der Waals surface area contributed by atoms with Gasteiger partial charge in [-0.1, -0.05) is 6.92 Å². The van der Waals surface area contributed by atoms with Crippen molar-refractivity contribution in [2.45, 2.75) is 19.8 Å². The minimum Gasteiger partial charge on any atom is -0.466 e. The Morgan fingerprint density at radius 3 is 2.70 bits per heavy atom. The number of furan rings is 1. The molecule has 0 radical (unpaired) electrons. The van der Waals surface area contributed by atoms with Gasteiger partial charge in [0.15, 0.2) is 0 Å². The van der Waals surface area contributed by atoms with E-state index in [1.54, 1.807) is 0 Å². The van der Waals surface area contributed by atoms with E-state index in [1.807, 2.05) is 19.1 Å². The zero-order chi connectivity index (χ0) is 7.40. The van der Waals surface area contributed by atoms with Gasteiger partial charge in [0.05, 0.1) is 6.42 Å². The van der Waals surface area contributed by atoms with Gasteiger partial charge in [-0.2, -0.15) is 0 Å². The van der Waals surface area contributed by atoms with E-state index in [0.717, 1.165) is 24.2 Å². The lowest BCUT2D eigenvalue weighted by atomic mass is 10.3. The van der Waals surface area contributed by atoms with Crippen molar-refractivity contribution in [1.82, 2.24) is 0 Å². The smallest absolute Gasteiger partial charge is 0.127 e. The number of carbonyl (C=O) groups excluding carboxylic acids is 1. The van der Waals surface area contributed by atoms with Gasteiger partial charge in [-0.3, -0.25) is 0 Å². The molecule has 0 saturated carbocycles. The maximum absolute atomic E-state index is 10.0. The summed E-state index contributed by atoms with van der Waals surface area (Å²) in [6.07, 6.45) is 2.12. The molecule has 0 aliphatic heterocycles. The van der Waals surface area contributed by atoms with Crippen LogP contribution in [0.5, 0.6) is 0 Å². The topological polar surface area (TPSA) is 30.2 Å². The first-order chi connectivity index (χ1) is 4.86. The second-order valence-electron chi connectivity index (χ2n) is 2.09. The van der Waals surface area contributed by atoms with Gasteiger partial charge in [-0.25, -0.2) is 0 Å². The molecule has 0 spiro atoms. The predicted molar refractivity (Wildman–Crippen MR) is 37.9 cm³/mol. The van der Waals surface area contributed by atoms with E-state index >= 15 is 0 Å². The molecular formula is C8H10O2. The summed E-state index contributed by atoms with van der Waals surface area (Å²) in [5.74, 6) is 1.70. The van der Waals surface area contributed by atoms with Crippen molar-refractivity contribution in [3.63, 3.8) is 0 Å². The Morgan fingerprint density at radius 1 is 1.50 bits per heavy atom. The summed E-state index contributed by atoms with van der Waals surface area (Å²) in [5, 5.41) is 0. The number of hydrogen-bond acceptors (Lipinski definition) is 2. The summed E-state index contributed by atoms with van der Waals surface area (Å²) < 4.78 is 5.24. The molecule has 0 amide bonds. The third-order valence-corrected chi connectivity index (χ3v) is 1.35. The van der Waals surface area contributed by atoms with Crippen molar-refractivity contribution in [1.29, 1.82) is 0 Å². The van der Waals surface area contributed by atoms with Gasteiger partial charge in [0.2, 0.25) is 0 Å². The Kier molecular flexibility index (Phi) is 2.26. The quantitative estimate of drug-likeness (QED) is 0.593. The van der Waals surface area contributed by atoms with Crippen LogP contribution in [0.3, 0.4) is 0 Å². The highest BCUT2D eigenvalue weighted by Gasteiger charge is 1.97. The Bertz CT molecular complexity index is 213. The van der Waals surface area contributed by atoms with Gasteiger partial charge in [0.25, 0.3) is 0 Å². The van der Waals surface area contributed by atoms with Gasteiger partial charge in [-0.15, -0.1) is 0 Å². The van der Waals surface area contributed by atoms with E-state index in [-0.39, 0.29) is 0 Å². The van der Waals surface area contributed by atoms with Crippen molar-refractivity contribution in [3.05, 3.63) is 23.7 Å². The molecule has 1 rings (SSSR count). The van der Waals surface area contributed by atoms with Crippen LogP contribution in [0.25, 0.3) is 0 Å². The van der Waals surface area contributed by atoms with Gasteiger partial charge < -0.3 is 9.21 Å². The molecule has 0 bridgehead atoms. The lowest BCUT2D eigenvalue weighted by Crippen LogP contribution is -1.79. The fourth-order valence-electron chi connectivity index (χ4n) is 0.804. The maximum atomic E-state index is 10.0. The van der Waals surface area contributed by atoms with Crippen LogP contribution in [0.15, 0.2) is 16.5 Å². The molecule has 54 valence electrons. The molecule has 0 saturated heterocycles. The Balaban J connectivity index is 2.67. The van der Waals surface area contributed by atoms with E-state index in [2.05, 4.69) is 0 Å². The zero-order valence-corrected chi connectivity index (χ0v) is 5.96. The highest BCUT2D eigenvalue weighted by atomic mass is 16.3. The van der Waals surface area contributed by atoms with Crippen LogP contribution in [-0.4, -0.2) is 6.29 Å². The highest BCUT2D eigenvalue weighted by Crippen LogP contribution is 2.07. The van der Waals surface area contributed by atoms with Crippen LogP contribution in [0, 0.1) is 0 Å². The first-order valence-corrected chi connectivity index (χ1v) is 3.38. The minimum absolute atomic E-state index is 0.389.